The lowest BCUT2D eigenvalue weighted by molar-refractivity contribution is 0.580. The van der Waals surface area contributed by atoms with E-state index in [9.17, 15) is 0 Å². The number of furan rings is 1. The number of rotatable bonds is 1. The van der Waals surface area contributed by atoms with Crippen LogP contribution in [0.2, 0.25) is 0 Å². The molecule has 0 aliphatic carbocycles. The maximum Gasteiger partial charge on any atom is 0.150 e. The first-order valence-electron chi connectivity index (χ1n) is 3.24. The standard InChI is InChI=1S/C8H6BrNO/c9-8-4-3-6(10-8)7-2-1-5-11-7/h1-5,10H. The predicted molar refractivity (Wildman–Crippen MR) is 46.2 cm³/mol. The van der Waals surface area contributed by atoms with E-state index in [4.69, 9.17) is 4.42 Å². The van der Waals surface area contributed by atoms with E-state index < -0.39 is 0 Å². The van der Waals surface area contributed by atoms with Gasteiger partial charge in [-0.15, -0.1) is 0 Å². The molecule has 0 amide bonds. The molecule has 2 aromatic rings. The topological polar surface area (TPSA) is 28.9 Å². The lowest BCUT2D eigenvalue weighted by Gasteiger charge is -1.87. The van der Waals surface area contributed by atoms with Crippen LogP contribution in [0, 0.1) is 0 Å². The van der Waals surface area contributed by atoms with E-state index in [1.54, 1.807) is 6.26 Å². The summed E-state index contributed by atoms with van der Waals surface area (Å²) in [6, 6.07) is 7.68. The fourth-order valence-electron chi connectivity index (χ4n) is 0.944. The van der Waals surface area contributed by atoms with Crippen molar-refractivity contribution in [2.75, 3.05) is 0 Å². The van der Waals surface area contributed by atoms with E-state index >= 15 is 0 Å². The van der Waals surface area contributed by atoms with E-state index in [0.29, 0.717) is 0 Å². The van der Waals surface area contributed by atoms with E-state index in [-0.39, 0.29) is 0 Å². The minimum atomic E-state index is 0.857. The predicted octanol–water partition coefficient (Wildman–Crippen LogP) is 3.04. The minimum absolute atomic E-state index is 0.857. The molecule has 0 atom stereocenters. The van der Waals surface area contributed by atoms with Crippen LogP contribution in [0.4, 0.5) is 0 Å². The van der Waals surface area contributed by atoms with Crippen LogP contribution in [-0.2, 0) is 0 Å². The highest BCUT2D eigenvalue weighted by Gasteiger charge is 2.00. The number of H-pyrrole nitrogens is 1. The Hall–Kier alpha value is -0.960. The molecule has 0 fully saturated rings. The number of aromatic amines is 1. The van der Waals surface area contributed by atoms with E-state index in [2.05, 4.69) is 20.9 Å². The van der Waals surface area contributed by atoms with Gasteiger partial charge in [0, 0.05) is 0 Å². The summed E-state index contributed by atoms with van der Waals surface area (Å²) in [7, 11) is 0. The Morgan fingerprint density at radius 3 is 2.73 bits per heavy atom. The van der Waals surface area contributed by atoms with Crippen LogP contribution in [0.25, 0.3) is 11.5 Å². The van der Waals surface area contributed by atoms with Gasteiger partial charge in [-0.1, -0.05) is 0 Å². The van der Waals surface area contributed by atoms with Crippen molar-refractivity contribution in [3.63, 3.8) is 0 Å². The number of aromatic nitrogens is 1. The van der Waals surface area contributed by atoms with Crippen LogP contribution >= 0.6 is 15.9 Å². The second kappa shape index (κ2) is 2.58. The molecule has 0 aliphatic rings. The molecule has 0 aromatic carbocycles. The van der Waals surface area contributed by atoms with Crippen LogP contribution in [0.15, 0.2) is 39.5 Å². The monoisotopic (exact) mass is 211 g/mol. The highest BCUT2D eigenvalue weighted by Crippen LogP contribution is 2.20. The molecular formula is C8H6BrNO. The second-order valence-corrected chi connectivity index (χ2v) is 3.05. The third-order valence-electron chi connectivity index (χ3n) is 1.44. The summed E-state index contributed by atoms with van der Waals surface area (Å²) in [4.78, 5) is 3.10. The number of hydrogen-bond donors (Lipinski definition) is 1. The summed E-state index contributed by atoms with van der Waals surface area (Å²) in [6.45, 7) is 0. The zero-order valence-electron chi connectivity index (χ0n) is 5.67. The molecule has 0 radical (unpaired) electrons. The zero-order chi connectivity index (χ0) is 7.68. The Balaban J connectivity index is 2.45. The van der Waals surface area contributed by atoms with Crippen LogP contribution in [0.3, 0.4) is 0 Å². The maximum atomic E-state index is 5.18. The van der Waals surface area contributed by atoms with Crippen molar-refractivity contribution in [2.45, 2.75) is 0 Å². The van der Waals surface area contributed by atoms with Crippen LogP contribution in [0.5, 0.6) is 0 Å². The first-order valence-corrected chi connectivity index (χ1v) is 4.04. The Labute approximate surface area is 72.4 Å². The van der Waals surface area contributed by atoms with Crippen LogP contribution in [-0.4, -0.2) is 4.98 Å². The fraction of sp³-hybridized carbons (Fsp3) is 0. The maximum absolute atomic E-state index is 5.18. The van der Waals surface area contributed by atoms with Crippen molar-refractivity contribution in [1.82, 2.24) is 4.98 Å². The number of nitrogens with one attached hydrogen (secondary N) is 1. The van der Waals surface area contributed by atoms with Gasteiger partial charge in [0.15, 0.2) is 0 Å². The van der Waals surface area contributed by atoms with E-state index in [0.717, 1.165) is 16.1 Å². The Kier molecular flexibility index (Phi) is 1.58. The van der Waals surface area contributed by atoms with Gasteiger partial charge in [-0.25, -0.2) is 0 Å². The second-order valence-electron chi connectivity index (χ2n) is 2.20. The molecule has 2 nitrogen and oxygen atoms in total. The van der Waals surface area contributed by atoms with Crippen LogP contribution < -0.4 is 0 Å². The molecule has 56 valence electrons. The quantitative estimate of drug-likeness (QED) is 0.773. The molecule has 0 aliphatic heterocycles. The van der Waals surface area contributed by atoms with E-state index in [1.165, 1.54) is 0 Å². The normalized spacial score (nSPS) is 10.3. The van der Waals surface area contributed by atoms with Gasteiger partial charge in [0.05, 0.1) is 16.6 Å². The molecule has 0 saturated carbocycles. The minimum Gasteiger partial charge on any atom is -0.463 e. The Morgan fingerprint density at radius 2 is 2.18 bits per heavy atom. The summed E-state index contributed by atoms with van der Waals surface area (Å²) in [5, 5.41) is 0. The van der Waals surface area contributed by atoms with Gasteiger partial charge < -0.3 is 9.40 Å². The van der Waals surface area contributed by atoms with Gasteiger partial charge >= 0.3 is 0 Å². The van der Waals surface area contributed by atoms with E-state index in [1.807, 2.05) is 24.3 Å². The average molecular weight is 212 g/mol. The third-order valence-corrected chi connectivity index (χ3v) is 1.90. The van der Waals surface area contributed by atoms with Gasteiger partial charge in [0.1, 0.15) is 5.76 Å². The highest BCUT2D eigenvalue weighted by atomic mass is 79.9. The first kappa shape index (κ1) is 6.73. The smallest absolute Gasteiger partial charge is 0.150 e. The molecule has 0 spiro atoms. The van der Waals surface area contributed by atoms with Crippen molar-refractivity contribution in [3.8, 4) is 11.5 Å². The van der Waals surface area contributed by atoms with Crippen molar-refractivity contribution in [1.29, 1.82) is 0 Å². The molecule has 0 saturated heterocycles. The number of halogens is 1. The molecular weight excluding hydrogens is 206 g/mol. The van der Waals surface area contributed by atoms with Gasteiger partial charge in [-0.05, 0) is 40.2 Å². The Morgan fingerprint density at radius 1 is 1.27 bits per heavy atom. The summed E-state index contributed by atoms with van der Waals surface area (Å²) in [6.07, 6.45) is 1.66. The first-order chi connectivity index (χ1) is 5.36. The van der Waals surface area contributed by atoms with Gasteiger partial charge in [0.25, 0.3) is 0 Å². The Bertz CT molecular complexity index is 337. The summed E-state index contributed by atoms with van der Waals surface area (Å²) in [5.41, 5.74) is 0.988. The highest BCUT2D eigenvalue weighted by molar-refractivity contribution is 9.10. The molecule has 2 aromatic heterocycles. The van der Waals surface area contributed by atoms with Gasteiger partial charge in [-0.2, -0.15) is 0 Å². The molecule has 3 heteroatoms. The molecule has 11 heavy (non-hydrogen) atoms. The lowest BCUT2D eigenvalue weighted by Crippen LogP contribution is -1.69. The summed E-state index contributed by atoms with van der Waals surface area (Å²) in [5.74, 6) is 0.857. The molecule has 2 rings (SSSR count). The largest absolute Gasteiger partial charge is 0.463 e. The average Bonchev–Trinajstić information content (AvgIpc) is 2.55. The van der Waals surface area contributed by atoms with Crippen LogP contribution in [0.1, 0.15) is 0 Å². The third kappa shape index (κ3) is 1.24. The van der Waals surface area contributed by atoms with Crippen molar-refractivity contribution in [2.24, 2.45) is 0 Å². The number of hydrogen-bond acceptors (Lipinski definition) is 1. The molecule has 0 bridgehead atoms. The van der Waals surface area contributed by atoms with Crippen molar-refractivity contribution in [3.05, 3.63) is 35.1 Å². The zero-order valence-corrected chi connectivity index (χ0v) is 7.26. The summed E-state index contributed by atoms with van der Waals surface area (Å²) < 4.78 is 6.14. The van der Waals surface area contributed by atoms with Crippen molar-refractivity contribution >= 4 is 15.9 Å². The molecule has 2 heterocycles. The molecule has 1 N–H and O–H groups in total. The lowest BCUT2D eigenvalue weighted by atomic mass is 10.3. The molecule has 0 unspecified atom stereocenters. The van der Waals surface area contributed by atoms with Gasteiger partial charge in [0.2, 0.25) is 0 Å². The fourth-order valence-corrected chi connectivity index (χ4v) is 1.29. The summed E-state index contributed by atoms with van der Waals surface area (Å²) >= 11 is 3.32. The van der Waals surface area contributed by atoms with Gasteiger partial charge in [-0.3, -0.25) is 0 Å². The SMILES string of the molecule is Brc1ccc(-c2ccco2)[nH]1. The van der Waals surface area contributed by atoms with Crippen molar-refractivity contribution < 1.29 is 4.42 Å².